The predicted molar refractivity (Wildman–Crippen MR) is 107 cm³/mol. The molecule has 2 aliphatic rings. The smallest absolute Gasteiger partial charge is 0.338 e. The van der Waals surface area contributed by atoms with Crippen LogP contribution in [0.15, 0.2) is 24.3 Å². The number of benzene rings is 1. The molecule has 1 aliphatic heterocycles. The lowest BCUT2D eigenvalue weighted by atomic mass is 9.98. The Bertz CT molecular complexity index is 923. The Hall–Kier alpha value is -3.16. The Morgan fingerprint density at radius 1 is 1.14 bits per heavy atom. The molecule has 0 radical (unpaired) electrons. The number of ether oxygens (including phenoxy) is 2. The standard InChI is InChI=1S/C21H24N4O4/c1-28-21-23-16-11-12-25(19(26)17(16)18(22)24-21)14-9-7-13(8-10-14)20(27)29-15-5-3-2-4-6-15/h7-10,15H,2-6,11-12H2,1H3,(H2,22,23,24). The first kappa shape index (κ1) is 19.2. The molecule has 152 valence electrons. The summed E-state index contributed by atoms with van der Waals surface area (Å²) >= 11 is 0. The zero-order valence-corrected chi connectivity index (χ0v) is 16.4. The summed E-state index contributed by atoms with van der Waals surface area (Å²) in [6.45, 7) is 0.456. The number of rotatable bonds is 4. The van der Waals surface area contributed by atoms with E-state index in [0.29, 0.717) is 35.5 Å². The number of esters is 1. The number of fused-ring (bicyclic) bond motifs is 1. The van der Waals surface area contributed by atoms with Crippen LogP contribution in [-0.2, 0) is 11.2 Å². The van der Waals surface area contributed by atoms with Crippen LogP contribution in [0.3, 0.4) is 0 Å². The minimum Gasteiger partial charge on any atom is -0.467 e. The number of methoxy groups -OCH3 is 1. The normalized spacial score (nSPS) is 17.0. The molecule has 2 aromatic rings. The third kappa shape index (κ3) is 3.87. The monoisotopic (exact) mass is 396 g/mol. The first-order valence-corrected chi connectivity index (χ1v) is 9.90. The number of anilines is 2. The molecule has 2 heterocycles. The van der Waals surface area contributed by atoms with E-state index in [2.05, 4.69) is 9.97 Å². The van der Waals surface area contributed by atoms with Crippen molar-refractivity contribution < 1.29 is 19.1 Å². The number of hydrogen-bond donors (Lipinski definition) is 1. The first-order chi connectivity index (χ1) is 14.1. The topological polar surface area (TPSA) is 108 Å². The number of carbonyl (C=O) groups excluding carboxylic acids is 2. The maximum atomic E-state index is 13.0. The molecule has 0 spiro atoms. The van der Waals surface area contributed by atoms with E-state index >= 15 is 0 Å². The SMILES string of the molecule is COc1nc(N)c2c(n1)CCN(c1ccc(C(=O)OC3CCCCC3)cc1)C2=O. The summed E-state index contributed by atoms with van der Waals surface area (Å²) in [4.78, 5) is 35.2. The van der Waals surface area contributed by atoms with Crippen molar-refractivity contribution in [3.05, 3.63) is 41.1 Å². The molecule has 1 aromatic carbocycles. The number of nitrogens with two attached hydrogens (primary N) is 1. The molecule has 29 heavy (non-hydrogen) atoms. The average molecular weight is 396 g/mol. The number of hydrogen-bond acceptors (Lipinski definition) is 7. The van der Waals surface area contributed by atoms with Crippen molar-refractivity contribution in [2.45, 2.75) is 44.6 Å². The van der Waals surface area contributed by atoms with Crippen molar-refractivity contribution in [3.8, 4) is 6.01 Å². The number of nitrogens with zero attached hydrogens (tertiary/aromatic N) is 3. The highest BCUT2D eigenvalue weighted by Gasteiger charge is 2.30. The van der Waals surface area contributed by atoms with Crippen molar-refractivity contribution in [3.63, 3.8) is 0 Å². The molecular formula is C21H24N4O4. The fraction of sp³-hybridized carbons (Fsp3) is 0.429. The van der Waals surface area contributed by atoms with Crippen LogP contribution in [0.25, 0.3) is 0 Å². The van der Waals surface area contributed by atoms with Crippen molar-refractivity contribution in [1.29, 1.82) is 0 Å². The third-order valence-corrected chi connectivity index (χ3v) is 5.45. The largest absolute Gasteiger partial charge is 0.467 e. The van der Waals surface area contributed by atoms with Crippen LogP contribution in [0, 0.1) is 0 Å². The molecule has 8 nitrogen and oxygen atoms in total. The number of nitrogen functional groups attached to an aromatic ring is 1. The van der Waals surface area contributed by atoms with Gasteiger partial charge in [-0.15, -0.1) is 0 Å². The summed E-state index contributed by atoms with van der Waals surface area (Å²) in [6, 6.07) is 7.04. The van der Waals surface area contributed by atoms with Gasteiger partial charge in [-0.1, -0.05) is 6.42 Å². The molecule has 1 saturated carbocycles. The molecule has 1 fully saturated rings. The van der Waals surface area contributed by atoms with Gasteiger partial charge in [0, 0.05) is 18.7 Å². The highest BCUT2D eigenvalue weighted by Crippen LogP contribution is 2.28. The minimum atomic E-state index is -0.316. The molecule has 8 heteroatoms. The van der Waals surface area contributed by atoms with Crippen molar-refractivity contribution in [1.82, 2.24) is 9.97 Å². The van der Waals surface area contributed by atoms with Crippen molar-refractivity contribution in [2.75, 3.05) is 24.3 Å². The molecular weight excluding hydrogens is 372 g/mol. The van der Waals surface area contributed by atoms with E-state index in [1.54, 1.807) is 29.2 Å². The van der Waals surface area contributed by atoms with Gasteiger partial charge in [0.25, 0.3) is 5.91 Å². The number of aromatic nitrogens is 2. The first-order valence-electron chi connectivity index (χ1n) is 9.90. The second kappa shape index (κ2) is 8.06. The molecule has 0 unspecified atom stereocenters. The van der Waals surface area contributed by atoms with Crippen LogP contribution in [0.2, 0.25) is 0 Å². The molecule has 2 N–H and O–H groups in total. The van der Waals surface area contributed by atoms with Gasteiger partial charge >= 0.3 is 12.0 Å². The summed E-state index contributed by atoms with van der Waals surface area (Å²) in [5.41, 5.74) is 8.02. The van der Waals surface area contributed by atoms with Gasteiger partial charge in [0.15, 0.2) is 0 Å². The van der Waals surface area contributed by atoms with E-state index in [1.807, 2.05) is 0 Å². The van der Waals surface area contributed by atoms with E-state index in [-0.39, 0.29) is 29.8 Å². The van der Waals surface area contributed by atoms with Crippen LogP contribution in [0.5, 0.6) is 6.01 Å². The summed E-state index contributed by atoms with van der Waals surface area (Å²) in [6.07, 6.45) is 5.83. The maximum absolute atomic E-state index is 13.0. The van der Waals surface area contributed by atoms with Crippen LogP contribution in [-0.4, -0.2) is 41.6 Å². The van der Waals surface area contributed by atoms with E-state index in [0.717, 1.165) is 25.7 Å². The van der Waals surface area contributed by atoms with E-state index in [4.69, 9.17) is 15.2 Å². The van der Waals surface area contributed by atoms with Gasteiger partial charge in [-0.3, -0.25) is 4.79 Å². The fourth-order valence-corrected chi connectivity index (χ4v) is 3.89. The molecule has 0 bridgehead atoms. The predicted octanol–water partition coefficient (Wildman–Crippen LogP) is 2.76. The van der Waals surface area contributed by atoms with Gasteiger partial charge in [-0.05, 0) is 49.9 Å². The molecule has 1 amide bonds. The lowest BCUT2D eigenvalue weighted by Gasteiger charge is -2.28. The number of amides is 1. The second-order valence-corrected chi connectivity index (χ2v) is 7.34. The summed E-state index contributed by atoms with van der Waals surface area (Å²) in [7, 11) is 1.46. The molecule has 1 aliphatic carbocycles. The minimum absolute atomic E-state index is 0.0102. The zero-order valence-electron chi connectivity index (χ0n) is 16.4. The fourth-order valence-electron chi connectivity index (χ4n) is 3.89. The Morgan fingerprint density at radius 2 is 1.86 bits per heavy atom. The lowest BCUT2D eigenvalue weighted by molar-refractivity contribution is 0.0211. The maximum Gasteiger partial charge on any atom is 0.338 e. The molecule has 4 rings (SSSR count). The average Bonchev–Trinajstić information content (AvgIpc) is 2.74. The highest BCUT2D eigenvalue weighted by atomic mass is 16.5. The molecule has 0 saturated heterocycles. The Kier molecular flexibility index (Phi) is 5.33. The van der Waals surface area contributed by atoms with Crippen LogP contribution >= 0.6 is 0 Å². The zero-order chi connectivity index (χ0) is 20.4. The van der Waals surface area contributed by atoms with E-state index in [9.17, 15) is 9.59 Å². The van der Waals surface area contributed by atoms with Crippen LogP contribution < -0.4 is 15.4 Å². The van der Waals surface area contributed by atoms with Crippen LogP contribution in [0.1, 0.15) is 58.5 Å². The highest BCUT2D eigenvalue weighted by molar-refractivity contribution is 6.10. The van der Waals surface area contributed by atoms with Gasteiger partial charge < -0.3 is 20.1 Å². The Morgan fingerprint density at radius 3 is 2.55 bits per heavy atom. The van der Waals surface area contributed by atoms with E-state index in [1.165, 1.54) is 13.5 Å². The van der Waals surface area contributed by atoms with E-state index < -0.39 is 0 Å². The van der Waals surface area contributed by atoms with Gasteiger partial charge in [0.05, 0.1) is 18.4 Å². The third-order valence-electron chi connectivity index (χ3n) is 5.45. The van der Waals surface area contributed by atoms with Gasteiger partial charge in [0.2, 0.25) is 0 Å². The van der Waals surface area contributed by atoms with Crippen LogP contribution in [0.4, 0.5) is 11.5 Å². The number of carbonyl (C=O) groups is 2. The molecule has 1 aromatic heterocycles. The summed E-state index contributed by atoms with van der Waals surface area (Å²) in [5.74, 6) is -0.471. The quantitative estimate of drug-likeness (QED) is 0.792. The Balaban J connectivity index is 1.49. The Labute approximate surface area is 169 Å². The van der Waals surface area contributed by atoms with Crippen molar-refractivity contribution >= 4 is 23.4 Å². The van der Waals surface area contributed by atoms with Gasteiger partial charge in [-0.2, -0.15) is 9.97 Å². The van der Waals surface area contributed by atoms with Crippen molar-refractivity contribution in [2.24, 2.45) is 0 Å². The second-order valence-electron chi connectivity index (χ2n) is 7.34. The lowest BCUT2D eigenvalue weighted by Crippen LogP contribution is -2.39. The summed E-state index contributed by atoms with van der Waals surface area (Å²) in [5, 5.41) is 0. The summed E-state index contributed by atoms with van der Waals surface area (Å²) < 4.78 is 10.6. The molecule has 0 atom stereocenters. The van der Waals surface area contributed by atoms with Gasteiger partial charge in [-0.25, -0.2) is 4.79 Å². The van der Waals surface area contributed by atoms with Gasteiger partial charge in [0.1, 0.15) is 17.5 Å².